The van der Waals surface area contributed by atoms with Crippen molar-refractivity contribution in [2.75, 3.05) is 10.6 Å². The van der Waals surface area contributed by atoms with Crippen molar-refractivity contribution >= 4 is 39.3 Å². The first-order chi connectivity index (χ1) is 10.4. The van der Waals surface area contributed by atoms with Crippen molar-refractivity contribution in [3.8, 4) is 0 Å². The number of aryl methyl sites for hydroxylation is 1. The van der Waals surface area contributed by atoms with Crippen molar-refractivity contribution in [2.45, 2.75) is 26.8 Å². The van der Waals surface area contributed by atoms with Crippen LogP contribution in [0.5, 0.6) is 0 Å². The maximum Gasteiger partial charge on any atom is 0.320 e. The number of rotatable bonds is 4. The van der Waals surface area contributed by atoms with Gasteiger partial charge in [0.1, 0.15) is 0 Å². The number of benzene rings is 1. The third-order valence-electron chi connectivity index (χ3n) is 2.77. The van der Waals surface area contributed by atoms with E-state index in [1.807, 2.05) is 39.0 Å². The SMILES string of the molecule is Cc1ccc(Nc2ccc(NC(=O)NC(C)C)nn2)cc1Br. The molecule has 116 valence electrons. The summed E-state index contributed by atoms with van der Waals surface area (Å²) in [5, 5.41) is 16.5. The highest BCUT2D eigenvalue weighted by atomic mass is 79.9. The van der Waals surface area contributed by atoms with Gasteiger partial charge in [0, 0.05) is 16.2 Å². The Morgan fingerprint density at radius 1 is 1.14 bits per heavy atom. The summed E-state index contributed by atoms with van der Waals surface area (Å²) in [5.74, 6) is 0.999. The Morgan fingerprint density at radius 2 is 1.82 bits per heavy atom. The van der Waals surface area contributed by atoms with Crippen LogP contribution in [0.15, 0.2) is 34.8 Å². The molecule has 0 bridgehead atoms. The Balaban J connectivity index is 1.99. The number of urea groups is 1. The molecule has 0 unspecified atom stereocenters. The molecule has 0 fully saturated rings. The number of hydrogen-bond acceptors (Lipinski definition) is 4. The van der Waals surface area contributed by atoms with Gasteiger partial charge in [0.15, 0.2) is 11.6 Å². The van der Waals surface area contributed by atoms with Crippen LogP contribution in [0, 0.1) is 6.92 Å². The Hall–Kier alpha value is -2.15. The molecule has 2 rings (SSSR count). The summed E-state index contributed by atoms with van der Waals surface area (Å²) in [6.07, 6.45) is 0. The number of carbonyl (C=O) groups is 1. The molecule has 1 heterocycles. The van der Waals surface area contributed by atoms with E-state index in [2.05, 4.69) is 42.1 Å². The Labute approximate surface area is 137 Å². The molecule has 2 aromatic rings. The van der Waals surface area contributed by atoms with E-state index in [9.17, 15) is 4.79 Å². The average Bonchev–Trinajstić information content (AvgIpc) is 2.44. The molecule has 7 heteroatoms. The van der Waals surface area contributed by atoms with E-state index in [1.165, 1.54) is 0 Å². The molecule has 2 amide bonds. The molecule has 0 aliphatic carbocycles. The smallest absolute Gasteiger partial charge is 0.320 e. The van der Waals surface area contributed by atoms with Crippen LogP contribution in [-0.2, 0) is 0 Å². The number of amides is 2. The van der Waals surface area contributed by atoms with Gasteiger partial charge in [0.2, 0.25) is 0 Å². The molecule has 1 aromatic carbocycles. The van der Waals surface area contributed by atoms with Gasteiger partial charge >= 0.3 is 6.03 Å². The van der Waals surface area contributed by atoms with Crippen molar-refractivity contribution in [3.05, 3.63) is 40.4 Å². The largest absolute Gasteiger partial charge is 0.339 e. The lowest BCUT2D eigenvalue weighted by Crippen LogP contribution is -2.34. The molecule has 0 atom stereocenters. The van der Waals surface area contributed by atoms with E-state index in [4.69, 9.17) is 0 Å². The minimum atomic E-state index is -0.299. The Morgan fingerprint density at radius 3 is 2.41 bits per heavy atom. The lowest BCUT2D eigenvalue weighted by atomic mass is 10.2. The van der Waals surface area contributed by atoms with Gasteiger partial charge in [0.05, 0.1) is 0 Å². The van der Waals surface area contributed by atoms with Crippen molar-refractivity contribution in [1.82, 2.24) is 15.5 Å². The van der Waals surface area contributed by atoms with E-state index < -0.39 is 0 Å². The number of nitrogens with one attached hydrogen (secondary N) is 3. The normalized spacial score (nSPS) is 10.4. The van der Waals surface area contributed by atoms with Crippen molar-refractivity contribution in [3.63, 3.8) is 0 Å². The topological polar surface area (TPSA) is 78.9 Å². The predicted molar refractivity (Wildman–Crippen MR) is 91.5 cm³/mol. The zero-order valence-corrected chi connectivity index (χ0v) is 14.2. The van der Waals surface area contributed by atoms with Crippen LogP contribution < -0.4 is 16.0 Å². The maximum absolute atomic E-state index is 11.6. The second-order valence-corrected chi connectivity index (χ2v) is 6.00. The van der Waals surface area contributed by atoms with E-state index in [-0.39, 0.29) is 12.1 Å². The number of nitrogens with zero attached hydrogens (tertiary/aromatic N) is 2. The fourth-order valence-electron chi connectivity index (χ4n) is 1.70. The van der Waals surface area contributed by atoms with Gasteiger partial charge in [-0.1, -0.05) is 22.0 Å². The Bertz CT molecular complexity index is 657. The van der Waals surface area contributed by atoms with Gasteiger partial charge in [-0.15, -0.1) is 10.2 Å². The first kappa shape index (κ1) is 16.2. The van der Waals surface area contributed by atoms with Gasteiger partial charge in [0.25, 0.3) is 0 Å². The number of halogens is 1. The average molecular weight is 364 g/mol. The molecule has 0 aliphatic heterocycles. The summed E-state index contributed by atoms with van der Waals surface area (Å²) in [6.45, 7) is 5.80. The van der Waals surface area contributed by atoms with Crippen LogP contribution in [0.1, 0.15) is 19.4 Å². The molecule has 22 heavy (non-hydrogen) atoms. The minimum Gasteiger partial charge on any atom is -0.339 e. The number of anilines is 3. The lowest BCUT2D eigenvalue weighted by molar-refractivity contribution is 0.250. The summed E-state index contributed by atoms with van der Waals surface area (Å²) < 4.78 is 1.02. The van der Waals surface area contributed by atoms with E-state index in [0.29, 0.717) is 11.6 Å². The van der Waals surface area contributed by atoms with E-state index >= 15 is 0 Å². The van der Waals surface area contributed by atoms with Crippen LogP contribution in [0.25, 0.3) is 0 Å². The molecule has 0 saturated carbocycles. The molecule has 0 radical (unpaired) electrons. The molecular formula is C15H18BrN5O. The zero-order chi connectivity index (χ0) is 16.1. The highest BCUT2D eigenvalue weighted by molar-refractivity contribution is 9.10. The highest BCUT2D eigenvalue weighted by Gasteiger charge is 2.05. The monoisotopic (exact) mass is 363 g/mol. The quantitative estimate of drug-likeness (QED) is 0.771. The van der Waals surface area contributed by atoms with Crippen LogP contribution in [0.4, 0.5) is 22.1 Å². The van der Waals surface area contributed by atoms with Crippen LogP contribution in [-0.4, -0.2) is 22.3 Å². The van der Waals surface area contributed by atoms with Gasteiger partial charge in [-0.05, 0) is 50.6 Å². The second kappa shape index (κ2) is 7.22. The molecular weight excluding hydrogens is 346 g/mol. The van der Waals surface area contributed by atoms with Crippen molar-refractivity contribution in [2.24, 2.45) is 0 Å². The van der Waals surface area contributed by atoms with Gasteiger partial charge in [-0.2, -0.15) is 0 Å². The van der Waals surface area contributed by atoms with Gasteiger partial charge < -0.3 is 10.6 Å². The zero-order valence-electron chi connectivity index (χ0n) is 12.6. The first-order valence-corrected chi connectivity index (χ1v) is 7.68. The van der Waals surface area contributed by atoms with E-state index in [0.717, 1.165) is 15.7 Å². The van der Waals surface area contributed by atoms with Gasteiger partial charge in [-0.25, -0.2) is 4.79 Å². The van der Waals surface area contributed by atoms with Crippen LogP contribution in [0.2, 0.25) is 0 Å². The molecule has 6 nitrogen and oxygen atoms in total. The van der Waals surface area contributed by atoms with E-state index in [1.54, 1.807) is 12.1 Å². The number of hydrogen-bond donors (Lipinski definition) is 3. The van der Waals surface area contributed by atoms with Gasteiger partial charge in [-0.3, -0.25) is 5.32 Å². The predicted octanol–water partition coefficient (Wildman–Crippen LogP) is 3.82. The van der Waals surface area contributed by atoms with Crippen LogP contribution >= 0.6 is 15.9 Å². The summed E-state index contributed by atoms with van der Waals surface area (Å²) in [7, 11) is 0. The van der Waals surface area contributed by atoms with Crippen molar-refractivity contribution < 1.29 is 4.79 Å². The summed E-state index contributed by atoms with van der Waals surface area (Å²) in [4.78, 5) is 11.6. The molecule has 1 aromatic heterocycles. The minimum absolute atomic E-state index is 0.0638. The summed E-state index contributed by atoms with van der Waals surface area (Å²) >= 11 is 3.49. The summed E-state index contributed by atoms with van der Waals surface area (Å²) in [5.41, 5.74) is 2.07. The molecule has 0 saturated heterocycles. The molecule has 0 spiro atoms. The summed E-state index contributed by atoms with van der Waals surface area (Å²) in [6, 6.07) is 9.15. The van der Waals surface area contributed by atoms with Crippen molar-refractivity contribution in [1.29, 1.82) is 0 Å². The lowest BCUT2D eigenvalue weighted by Gasteiger charge is -2.10. The standard InChI is InChI=1S/C15H18BrN5O/c1-9(2)17-15(22)19-14-7-6-13(20-21-14)18-11-5-4-10(3)12(16)8-11/h4-9H,1-3H3,(H,18,20)(H2,17,19,21,22). The number of aromatic nitrogens is 2. The number of carbonyl (C=O) groups excluding carboxylic acids is 1. The molecule has 0 aliphatic rings. The third kappa shape index (κ3) is 4.70. The Kier molecular flexibility index (Phi) is 5.32. The molecule has 3 N–H and O–H groups in total. The second-order valence-electron chi connectivity index (χ2n) is 5.15. The maximum atomic E-state index is 11.6. The fraction of sp³-hybridized carbons (Fsp3) is 0.267. The third-order valence-corrected chi connectivity index (χ3v) is 3.62. The first-order valence-electron chi connectivity index (χ1n) is 6.88. The van der Waals surface area contributed by atoms with Crippen LogP contribution in [0.3, 0.4) is 0 Å². The fourth-order valence-corrected chi connectivity index (χ4v) is 2.08. The highest BCUT2D eigenvalue weighted by Crippen LogP contribution is 2.22.